The van der Waals surface area contributed by atoms with Crippen LogP contribution in [0, 0.1) is 6.92 Å². The zero-order chi connectivity index (χ0) is 17.3. The van der Waals surface area contributed by atoms with Crippen LogP contribution in [-0.4, -0.2) is 17.8 Å². The molecule has 0 fully saturated rings. The van der Waals surface area contributed by atoms with Crippen molar-refractivity contribution >= 4 is 34.2 Å². The predicted molar refractivity (Wildman–Crippen MR) is 92.5 cm³/mol. The second-order valence-electron chi connectivity index (χ2n) is 5.70. The number of fused-ring (bicyclic) bond motifs is 1. The van der Waals surface area contributed by atoms with Gasteiger partial charge >= 0.3 is 6.03 Å². The quantitative estimate of drug-likeness (QED) is 0.798. The molecular weight excluding hydrogens is 326 g/mol. The van der Waals surface area contributed by atoms with Gasteiger partial charge in [-0.1, -0.05) is 17.7 Å². The molecule has 1 aromatic carbocycles. The van der Waals surface area contributed by atoms with Crippen LogP contribution in [0.2, 0.25) is 0 Å². The molecule has 0 bridgehead atoms. The standard InChI is InChI=1S/C17H17N3O3S/c1-9-5-7-10(8-6-9)14(21)19-16-13(15(22)20-17(18)23)11-3-2-4-12(11)24-16/h5-8H,2-4H2,1H3,(H,19,21)(H3,18,20,22,23). The Hall–Kier alpha value is -2.67. The molecule has 6 nitrogen and oxygen atoms in total. The number of aryl methyl sites for hydroxylation is 2. The van der Waals surface area contributed by atoms with E-state index in [0.717, 1.165) is 35.3 Å². The summed E-state index contributed by atoms with van der Waals surface area (Å²) < 4.78 is 0. The van der Waals surface area contributed by atoms with Gasteiger partial charge in [0.15, 0.2) is 0 Å². The highest BCUT2D eigenvalue weighted by Gasteiger charge is 2.28. The molecule has 4 N–H and O–H groups in total. The van der Waals surface area contributed by atoms with Gasteiger partial charge in [-0.3, -0.25) is 14.9 Å². The summed E-state index contributed by atoms with van der Waals surface area (Å²) in [7, 11) is 0. The predicted octanol–water partition coefficient (Wildman–Crippen LogP) is 2.61. The molecule has 0 atom stereocenters. The molecule has 1 aliphatic rings. The highest BCUT2D eigenvalue weighted by molar-refractivity contribution is 7.17. The molecule has 0 aliphatic heterocycles. The zero-order valence-corrected chi connectivity index (χ0v) is 14.0. The number of carbonyl (C=O) groups is 3. The van der Waals surface area contributed by atoms with Crippen LogP contribution in [0.4, 0.5) is 9.80 Å². The highest BCUT2D eigenvalue weighted by atomic mass is 32.1. The number of thiophene rings is 1. The van der Waals surface area contributed by atoms with Gasteiger partial charge in [-0.2, -0.15) is 0 Å². The molecule has 2 aromatic rings. The number of carbonyl (C=O) groups excluding carboxylic acids is 3. The van der Waals surface area contributed by atoms with Gasteiger partial charge in [-0.15, -0.1) is 11.3 Å². The number of rotatable bonds is 3. The van der Waals surface area contributed by atoms with E-state index in [1.165, 1.54) is 11.3 Å². The van der Waals surface area contributed by atoms with Crippen LogP contribution in [0.3, 0.4) is 0 Å². The van der Waals surface area contributed by atoms with E-state index in [0.29, 0.717) is 16.1 Å². The second kappa shape index (κ2) is 6.45. The molecule has 4 amide bonds. The topological polar surface area (TPSA) is 101 Å². The maximum Gasteiger partial charge on any atom is 0.319 e. The summed E-state index contributed by atoms with van der Waals surface area (Å²) in [6.07, 6.45) is 2.59. The zero-order valence-electron chi connectivity index (χ0n) is 13.1. The summed E-state index contributed by atoms with van der Waals surface area (Å²) in [5, 5.41) is 5.35. The smallest absolute Gasteiger partial charge is 0.319 e. The van der Waals surface area contributed by atoms with E-state index >= 15 is 0 Å². The number of amides is 4. The van der Waals surface area contributed by atoms with Crippen LogP contribution in [-0.2, 0) is 12.8 Å². The first-order valence-corrected chi connectivity index (χ1v) is 8.40. The third-order valence-corrected chi connectivity index (χ3v) is 5.13. The molecule has 3 rings (SSSR count). The van der Waals surface area contributed by atoms with Gasteiger partial charge in [0.2, 0.25) is 0 Å². The number of nitrogens with two attached hydrogens (primary N) is 1. The summed E-state index contributed by atoms with van der Waals surface area (Å²) in [5.74, 6) is -0.857. The van der Waals surface area contributed by atoms with Gasteiger partial charge < -0.3 is 11.1 Å². The van der Waals surface area contributed by atoms with E-state index in [2.05, 4.69) is 10.6 Å². The lowest BCUT2D eigenvalue weighted by atomic mass is 10.1. The van der Waals surface area contributed by atoms with Gasteiger partial charge in [0.25, 0.3) is 11.8 Å². The van der Waals surface area contributed by atoms with Crippen molar-refractivity contribution in [3.63, 3.8) is 0 Å². The molecule has 0 saturated heterocycles. The Bertz CT molecular complexity index is 824. The largest absolute Gasteiger partial charge is 0.351 e. The summed E-state index contributed by atoms with van der Waals surface area (Å²) in [5.41, 5.74) is 7.87. The van der Waals surface area contributed by atoms with Gasteiger partial charge in [0.05, 0.1) is 5.56 Å². The summed E-state index contributed by atoms with van der Waals surface area (Å²) in [6.45, 7) is 1.94. The Balaban J connectivity index is 1.90. The van der Waals surface area contributed by atoms with E-state index in [9.17, 15) is 14.4 Å². The van der Waals surface area contributed by atoms with Gasteiger partial charge in [0, 0.05) is 10.4 Å². The number of anilines is 1. The fourth-order valence-corrected chi connectivity index (χ4v) is 4.07. The van der Waals surface area contributed by atoms with Gasteiger partial charge in [-0.05, 0) is 43.9 Å². The number of primary amides is 1. The Labute approximate surface area is 143 Å². The maximum absolute atomic E-state index is 12.4. The fraction of sp³-hybridized carbons (Fsp3) is 0.235. The Kier molecular flexibility index (Phi) is 4.35. The van der Waals surface area contributed by atoms with Crippen molar-refractivity contribution in [1.82, 2.24) is 5.32 Å². The van der Waals surface area contributed by atoms with Crippen LogP contribution >= 0.6 is 11.3 Å². The maximum atomic E-state index is 12.4. The van der Waals surface area contributed by atoms with E-state index < -0.39 is 11.9 Å². The van der Waals surface area contributed by atoms with E-state index in [4.69, 9.17) is 5.73 Å². The van der Waals surface area contributed by atoms with Crippen molar-refractivity contribution in [3.05, 3.63) is 51.4 Å². The van der Waals surface area contributed by atoms with Crippen LogP contribution in [0.25, 0.3) is 0 Å². The van der Waals surface area contributed by atoms with Crippen LogP contribution in [0.5, 0.6) is 0 Å². The van der Waals surface area contributed by atoms with Gasteiger partial charge in [-0.25, -0.2) is 4.79 Å². The van der Waals surface area contributed by atoms with Crippen LogP contribution in [0.1, 0.15) is 43.1 Å². The van der Waals surface area contributed by atoms with Crippen molar-refractivity contribution in [1.29, 1.82) is 0 Å². The van der Waals surface area contributed by atoms with Crippen molar-refractivity contribution in [3.8, 4) is 0 Å². The molecule has 0 radical (unpaired) electrons. The number of urea groups is 1. The lowest BCUT2D eigenvalue weighted by Gasteiger charge is -2.08. The minimum absolute atomic E-state index is 0.289. The van der Waals surface area contributed by atoms with E-state index in [1.54, 1.807) is 12.1 Å². The lowest BCUT2D eigenvalue weighted by molar-refractivity contribution is 0.0966. The molecule has 7 heteroatoms. The molecular formula is C17H17N3O3S. The number of imide groups is 1. The normalized spacial score (nSPS) is 12.5. The van der Waals surface area contributed by atoms with E-state index in [1.807, 2.05) is 19.1 Å². The summed E-state index contributed by atoms with van der Waals surface area (Å²) >= 11 is 1.39. The van der Waals surface area contributed by atoms with Crippen LogP contribution < -0.4 is 16.4 Å². The first kappa shape index (κ1) is 16.2. The minimum atomic E-state index is -0.909. The minimum Gasteiger partial charge on any atom is -0.351 e. The van der Waals surface area contributed by atoms with Crippen molar-refractivity contribution in [2.75, 3.05) is 5.32 Å². The third kappa shape index (κ3) is 3.16. The Morgan fingerprint density at radius 3 is 2.46 bits per heavy atom. The number of hydrogen-bond donors (Lipinski definition) is 3. The van der Waals surface area contributed by atoms with Gasteiger partial charge in [0.1, 0.15) is 5.00 Å². The average Bonchev–Trinajstić information content (AvgIpc) is 3.07. The molecule has 1 heterocycles. The molecule has 0 unspecified atom stereocenters. The molecule has 0 saturated carbocycles. The first-order valence-electron chi connectivity index (χ1n) is 7.59. The average molecular weight is 343 g/mol. The highest BCUT2D eigenvalue weighted by Crippen LogP contribution is 2.39. The first-order chi connectivity index (χ1) is 11.5. The molecule has 124 valence electrons. The molecule has 1 aromatic heterocycles. The molecule has 24 heavy (non-hydrogen) atoms. The number of benzene rings is 1. The van der Waals surface area contributed by atoms with E-state index in [-0.39, 0.29) is 5.91 Å². The SMILES string of the molecule is Cc1ccc(C(=O)Nc2sc3c(c2C(=O)NC(N)=O)CCC3)cc1. The second-order valence-corrected chi connectivity index (χ2v) is 6.81. The summed E-state index contributed by atoms with van der Waals surface area (Å²) in [4.78, 5) is 36.8. The monoisotopic (exact) mass is 343 g/mol. The fourth-order valence-electron chi connectivity index (χ4n) is 2.79. The molecule has 1 aliphatic carbocycles. The van der Waals surface area contributed by atoms with Crippen molar-refractivity contribution < 1.29 is 14.4 Å². The lowest BCUT2D eigenvalue weighted by Crippen LogP contribution is -2.35. The third-order valence-electron chi connectivity index (χ3n) is 3.93. The number of nitrogens with one attached hydrogen (secondary N) is 2. The van der Waals surface area contributed by atoms with Crippen molar-refractivity contribution in [2.45, 2.75) is 26.2 Å². The molecule has 0 spiro atoms. The summed E-state index contributed by atoms with van der Waals surface area (Å²) in [6, 6.07) is 6.26. The Morgan fingerprint density at radius 2 is 1.79 bits per heavy atom. The van der Waals surface area contributed by atoms with Crippen molar-refractivity contribution in [2.24, 2.45) is 5.73 Å². The Morgan fingerprint density at radius 1 is 1.08 bits per heavy atom. The number of hydrogen-bond acceptors (Lipinski definition) is 4. The van der Waals surface area contributed by atoms with Crippen LogP contribution in [0.15, 0.2) is 24.3 Å².